The zero-order chi connectivity index (χ0) is 27.0. The monoisotopic (exact) mass is 521 g/mol. The van der Waals surface area contributed by atoms with Gasteiger partial charge in [-0.1, -0.05) is 18.2 Å². The number of pyridine rings is 2. The molecule has 8 nitrogen and oxygen atoms in total. The van der Waals surface area contributed by atoms with E-state index in [9.17, 15) is 18.0 Å². The number of carbonyl (C=O) groups is 1. The molecule has 3 heterocycles. The van der Waals surface area contributed by atoms with Gasteiger partial charge in [0.05, 0.1) is 18.7 Å². The van der Waals surface area contributed by atoms with E-state index in [1.54, 1.807) is 19.2 Å². The summed E-state index contributed by atoms with van der Waals surface area (Å²) in [6.07, 6.45) is -2.96. The highest BCUT2D eigenvalue weighted by molar-refractivity contribution is 5.98. The number of rotatable bonds is 6. The molecular weight excluding hydrogens is 499 g/mol. The standard InChI is InChI=1S/C27H22F3N5O3/c1-14(31)24-23(25(36)33-13-15-11-16-5-3-4-6-19(16)32-12-15)35-26(38-24)18-7-9-20(37-2)22-17(18)8-10-21(34-22)27(28,29)30/h3-12,14H,13,31H2,1-2H3,(H,33,36)/t14-/m0/s1. The number of para-hydroxylation sites is 1. The molecule has 0 spiro atoms. The molecule has 1 amide bonds. The second kappa shape index (κ2) is 9.75. The van der Waals surface area contributed by atoms with Gasteiger partial charge in [0, 0.05) is 29.1 Å². The molecule has 5 aromatic rings. The smallest absolute Gasteiger partial charge is 0.433 e. The summed E-state index contributed by atoms with van der Waals surface area (Å²) in [7, 11) is 1.34. The number of fused-ring (bicyclic) bond motifs is 2. The summed E-state index contributed by atoms with van der Waals surface area (Å²) < 4.78 is 50.9. The Kier molecular flexibility index (Phi) is 6.45. The number of alkyl halides is 3. The van der Waals surface area contributed by atoms with Crippen LogP contribution in [0.3, 0.4) is 0 Å². The number of benzene rings is 2. The number of carbonyl (C=O) groups excluding carboxylic acids is 1. The van der Waals surface area contributed by atoms with Crippen LogP contribution in [-0.2, 0) is 12.7 Å². The number of ether oxygens (including phenoxy) is 1. The molecule has 194 valence electrons. The highest BCUT2D eigenvalue weighted by Crippen LogP contribution is 2.37. The molecule has 3 N–H and O–H groups in total. The van der Waals surface area contributed by atoms with Gasteiger partial charge in [-0.15, -0.1) is 0 Å². The van der Waals surface area contributed by atoms with Crippen LogP contribution < -0.4 is 15.8 Å². The first kappa shape index (κ1) is 25.2. The van der Waals surface area contributed by atoms with Gasteiger partial charge in [-0.2, -0.15) is 13.2 Å². The molecule has 0 radical (unpaired) electrons. The summed E-state index contributed by atoms with van der Waals surface area (Å²) >= 11 is 0. The number of nitrogens with two attached hydrogens (primary N) is 1. The van der Waals surface area contributed by atoms with Crippen molar-refractivity contribution in [2.75, 3.05) is 7.11 Å². The quantitative estimate of drug-likeness (QED) is 0.307. The third-order valence-electron chi connectivity index (χ3n) is 5.94. The molecule has 0 aliphatic carbocycles. The van der Waals surface area contributed by atoms with Crippen LogP contribution in [0.4, 0.5) is 13.2 Å². The number of oxazole rings is 1. The van der Waals surface area contributed by atoms with Crippen molar-refractivity contribution in [1.82, 2.24) is 20.3 Å². The summed E-state index contributed by atoms with van der Waals surface area (Å²) in [4.78, 5) is 25.6. The van der Waals surface area contributed by atoms with Gasteiger partial charge in [0.2, 0.25) is 5.89 Å². The number of aromatic nitrogens is 3. The van der Waals surface area contributed by atoms with E-state index >= 15 is 0 Å². The second-order valence-corrected chi connectivity index (χ2v) is 8.65. The Morgan fingerprint density at radius 3 is 2.66 bits per heavy atom. The molecule has 38 heavy (non-hydrogen) atoms. The van der Waals surface area contributed by atoms with Crippen LogP contribution in [0.25, 0.3) is 33.3 Å². The number of amides is 1. The van der Waals surface area contributed by atoms with Crippen molar-refractivity contribution in [2.24, 2.45) is 5.73 Å². The minimum Gasteiger partial charge on any atom is -0.494 e. The van der Waals surface area contributed by atoms with Crippen LogP contribution in [0.1, 0.15) is 40.5 Å². The molecule has 0 aliphatic rings. The number of nitrogens with one attached hydrogen (secondary N) is 1. The molecule has 5 rings (SSSR count). The molecule has 0 fully saturated rings. The zero-order valence-corrected chi connectivity index (χ0v) is 20.3. The van der Waals surface area contributed by atoms with Gasteiger partial charge in [-0.05, 0) is 48.9 Å². The predicted molar refractivity (Wildman–Crippen MR) is 134 cm³/mol. The second-order valence-electron chi connectivity index (χ2n) is 8.65. The van der Waals surface area contributed by atoms with E-state index in [4.69, 9.17) is 14.9 Å². The van der Waals surface area contributed by atoms with Crippen LogP contribution in [0.2, 0.25) is 0 Å². The highest BCUT2D eigenvalue weighted by Gasteiger charge is 2.33. The summed E-state index contributed by atoms with van der Waals surface area (Å²) in [6, 6.07) is 14.0. The van der Waals surface area contributed by atoms with E-state index in [2.05, 4.69) is 20.3 Å². The molecule has 0 saturated heterocycles. The molecule has 0 saturated carbocycles. The van der Waals surface area contributed by atoms with E-state index in [-0.39, 0.29) is 35.2 Å². The predicted octanol–water partition coefficient (Wildman–Crippen LogP) is 5.42. The maximum Gasteiger partial charge on any atom is 0.433 e. The van der Waals surface area contributed by atoms with Crippen molar-refractivity contribution >= 4 is 27.7 Å². The molecule has 0 bridgehead atoms. The summed E-state index contributed by atoms with van der Waals surface area (Å²) in [5, 5.41) is 4.05. The van der Waals surface area contributed by atoms with Crippen molar-refractivity contribution in [3.05, 3.63) is 83.5 Å². The van der Waals surface area contributed by atoms with Gasteiger partial charge in [0.1, 0.15) is 17.0 Å². The largest absolute Gasteiger partial charge is 0.494 e. The molecular formula is C27H22F3N5O3. The SMILES string of the molecule is COc1ccc(-c2nc(C(=O)NCc3cnc4ccccc4c3)c([C@H](C)N)o2)c2ccc(C(F)(F)F)nc12. The van der Waals surface area contributed by atoms with Crippen LogP contribution in [0.15, 0.2) is 65.2 Å². The van der Waals surface area contributed by atoms with Crippen molar-refractivity contribution < 1.29 is 27.1 Å². The van der Waals surface area contributed by atoms with Gasteiger partial charge in [0.15, 0.2) is 11.5 Å². The van der Waals surface area contributed by atoms with E-state index in [0.29, 0.717) is 10.9 Å². The molecule has 1 atom stereocenters. The van der Waals surface area contributed by atoms with Gasteiger partial charge < -0.3 is 20.2 Å². The van der Waals surface area contributed by atoms with Crippen LogP contribution in [0, 0.1) is 0 Å². The lowest BCUT2D eigenvalue weighted by Gasteiger charge is -2.11. The Bertz CT molecular complexity index is 1660. The third-order valence-corrected chi connectivity index (χ3v) is 5.94. The Morgan fingerprint density at radius 1 is 1.13 bits per heavy atom. The average Bonchev–Trinajstić information content (AvgIpc) is 3.36. The molecule has 0 aliphatic heterocycles. The summed E-state index contributed by atoms with van der Waals surface area (Å²) in [5.74, 6) is -0.214. The van der Waals surface area contributed by atoms with Crippen molar-refractivity contribution in [3.8, 4) is 17.2 Å². The molecule has 2 aromatic carbocycles. The minimum absolute atomic E-state index is 0.0176. The fraction of sp³-hybridized carbons (Fsp3) is 0.185. The number of hydrogen-bond donors (Lipinski definition) is 2. The normalized spacial score (nSPS) is 12.6. The Labute approximate surface area is 214 Å². The molecule has 11 heteroatoms. The lowest BCUT2D eigenvalue weighted by atomic mass is 10.1. The summed E-state index contributed by atoms with van der Waals surface area (Å²) in [5.41, 5.74) is 6.92. The maximum absolute atomic E-state index is 13.3. The topological polar surface area (TPSA) is 116 Å². The first-order valence-corrected chi connectivity index (χ1v) is 11.6. The maximum atomic E-state index is 13.3. The van der Waals surface area contributed by atoms with Crippen LogP contribution >= 0.6 is 0 Å². The van der Waals surface area contributed by atoms with Crippen LogP contribution in [0.5, 0.6) is 5.75 Å². The number of hydrogen-bond acceptors (Lipinski definition) is 7. The first-order valence-electron chi connectivity index (χ1n) is 11.6. The Morgan fingerprint density at radius 2 is 1.92 bits per heavy atom. The van der Waals surface area contributed by atoms with Gasteiger partial charge in [-0.3, -0.25) is 9.78 Å². The fourth-order valence-corrected chi connectivity index (χ4v) is 4.10. The average molecular weight is 521 g/mol. The lowest BCUT2D eigenvalue weighted by Crippen LogP contribution is -2.25. The number of methoxy groups -OCH3 is 1. The zero-order valence-electron chi connectivity index (χ0n) is 20.3. The lowest BCUT2D eigenvalue weighted by molar-refractivity contribution is -0.140. The van der Waals surface area contributed by atoms with Crippen molar-refractivity contribution in [3.63, 3.8) is 0 Å². The van der Waals surface area contributed by atoms with Gasteiger partial charge in [0.25, 0.3) is 5.91 Å². The Hall–Kier alpha value is -4.51. The van der Waals surface area contributed by atoms with Crippen LogP contribution in [-0.4, -0.2) is 28.0 Å². The minimum atomic E-state index is -4.63. The van der Waals surface area contributed by atoms with Gasteiger partial charge >= 0.3 is 6.18 Å². The molecule has 3 aromatic heterocycles. The van der Waals surface area contributed by atoms with E-state index < -0.39 is 23.8 Å². The van der Waals surface area contributed by atoms with E-state index in [0.717, 1.165) is 22.5 Å². The van der Waals surface area contributed by atoms with E-state index in [1.165, 1.54) is 19.2 Å². The number of nitrogens with zero attached hydrogens (tertiary/aromatic N) is 3. The van der Waals surface area contributed by atoms with E-state index in [1.807, 2.05) is 30.3 Å². The highest BCUT2D eigenvalue weighted by atomic mass is 19.4. The summed E-state index contributed by atoms with van der Waals surface area (Å²) in [6.45, 7) is 1.82. The Balaban J connectivity index is 1.49. The van der Waals surface area contributed by atoms with Crippen molar-refractivity contribution in [2.45, 2.75) is 25.7 Å². The fourth-order valence-electron chi connectivity index (χ4n) is 4.10. The van der Waals surface area contributed by atoms with Crippen molar-refractivity contribution in [1.29, 1.82) is 0 Å². The first-order chi connectivity index (χ1) is 18.2. The third kappa shape index (κ3) is 4.75. The number of halogens is 3. The molecule has 0 unspecified atom stereocenters. The van der Waals surface area contributed by atoms with Gasteiger partial charge in [-0.25, -0.2) is 9.97 Å².